The van der Waals surface area contributed by atoms with Crippen molar-refractivity contribution in [3.63, 3.8) is 0 Å². The lowest BCUT2D eigenvalue weighted by atomic mass is 10.0. The molecule has 8 heteroatoms. The van der Waals surface area contributed by atoms with Gasteiger partial charge in [-0.2, -0.15) is 13.2 Å². The molecule has 2 heterocycles. The topological polar surface area (TPSA) is 49.9 Å². The summed E-state index contributed by atoms with van der Waals surface area (Å²) in [7, 11) is 0. The first-order valence-corrected chi connectivity index (χ1v) is 10.2. The summed E-state index contributed by atoms with van der Waals surface area (Å²) >= 11 is 0. The fourth-order valence-corrected chi connectivity index (χ4v) is 4.22. The van der Waals surface area contributed by atoms with Crippen molar-refractivity contribution in [2.45, 2.75) is 38.5 Å². The molecule has 164 valence electrons. The maximum absolute atomic E-state index is 13.1. The van der Waals surface area contributed by atoms with Crippen LogP contribution in [0, 0.1) is 0 Å². The van der Waals surface area contributed by atoms with E-state index >= 15 is 0 Å². The Labute approximate surface area is 178 Å². The molecule has 0 spiro atoms. The summed E-state index contributed by atoms with van der Waals surface area (Å²) in [5.41, 5.74) is 1.49. The molecule has 1 unspecified atom stereocenters. The van der Waals surface area contributed by atoms with Gasteiger partial charge < -0.3 is 14.5 Å². The molecule has 0 bridgehead atoms. The van der Waals surface area contributed by atoms with Gasteiger partial charge in [-0.1, -0.05) is 18.2 Å². The summed E-state index contributed by atoms with van der Waals surface area (Å²) in [6.07, 6.45) is -2.93. The fraction of sp³-hybridized carbons (Fsp3) is 0.391. The predicted octanol–water partition coefficient (Wildman–Crippen LogP) is 4.10. The van der Waals surface area contributed by atoms with E-state index in [2.05, 4.69) is 0 Å². The van der Waals surface area contributed by atoms with Crippen molar-refractivity contribution in [2.75, 3.05) is 19.7 Å². The molecule has 0 radical (unpaired) electrons. The van der Waals surface area contributed by atoms with E-state index in [0.717, 1.165) is 29.7 Å². The number of amides is 2. The lowest BCUT2D eigenvalue weighted by molar-refractivity contribution is -0.143. The highest BCUT2D eigenvalue weighted by molar-refractivity contribution is 5.87. The molecule has 1 fully saturated rings. The van der Waals surface area contributed by atoms with Crippen molar-refractivity contribution in [1.29, 1.82) is 0 Å². The zero-order chi connectivity index (χ0) is 22.2. The number of carbonyl (C=O) groups is 2. The highest BCUT2D eigenvalue weighted by Crippen LogP contribution is 2.33. The van der Waals surface area contributed by atoms with Gasteiger partial charge in [-0.05, 0) is 48.2 Å². The maximum atomic E-state index is 13.1. The Kier molecular flexibility index (Phi) is 5.64. The van der Waals surface area contributed by atoms with Crippen LogP contribution < -0.4 is 4.74 Å². The minimum Gasteiger partial charge on any atom is -0.491 e. The quantitative estimate of drug-likeness (QED) is 0.718. The number of hydrogen-bond donors (Lipinski definition) is 0. The van der Waals surface area contributed by atoms with Gasteiger partial charge in [-0.15, -0.1) is 0 Å². The van der Waals surface area contributed by atoms with Gasteiger partial charge in [0.05, 0.1) is 12.1 Å². The Balaban J connectivity index is 1.57. The molecule has 2 amide bonds. The molecule has 31 heavy (non-hydrogen) atoms. The minimum atomic E-state index is -4.38. The zero-order valence-corrected chi connectivity index (χ0v) is 17.1. The second kappa shape index (κ2) is 8.24. The number of carbonyl (C=O) groups excluding carboxylic acids is 2. The molecular formula is C23H23F3N2O3. The molecule has 1 atom stereocenters. The Hall–Kier alpha value is -3.03. The first-order chi connectivity index (χ1) is 14.7. The van der Waals surface area contributed by atoms with Crippen molar-refractivity contribution < 1.29 is 27.5 Å². The molecule has 2 aliphatic heterocycles. The summed E-state index contributed by atoms with van der Waals surface area (Å²) in [4.78, 5) is 28.3. The van der Waals surface area contributed by atoms with E-state index in [1.54, 1.807) is 21.9 Å². The molecular weight excluding hydrogens is 409 g/mol. The Morgan fingerprint density at radius 2 is 1.74 bits per heavy atom. The van der Waals surface area contributed by atoms with E-state index in [-0.39, 0.29) is 11.8 Å². The van der Waals surface area contributed by atoms with Crippen LogP contribution >= 0.6 is 0 Å². The van der Waals surface area contributed by atoms with Crippen molar-refractivity contribution in [3.8, 4) is 16.9 Å². The normalized spacial score (nSPS) is 18.9. The molecule has 2 aromatic rings. The van der Waals surface area contributed by atoms with Gasteiger partial charge in [0, 0.05) is 25.6 Å². The molecule has 0 aliphatic carbocycles. The third kappa shape index (κ3) is 4.38. The van der Waals surface area contributed by atoms with E-state index in [4.69, 9.17) is 4.74 Å². The molecule has 0 aromatic heterocycles. The summed E-state index contributed by atoms with van der Waals surface area (Å²) in [6, 6.07) is 9.98. The van der Waals surface area contributed by atoms with Gasteiger partial charge in [0.15, 0.2) is 0 Å². The highest BCUT2D eigenvalue weighted by Gasteiger charge is 2.36. The van der Waals surface area contributed by atoms with Crippen LogP contribution in [0.15, 0.2) is 42.5 Å². The number of ether oxygens (including phenoxy) is 1. The van der Waals surface area contributed by atoms with Crippen LogP contribution in [0.2, 0.25) is 0 Å². The second-order valence-corrected chi connectivity index (χ2v) is 7.88. The second-order valence-electron chi connectivity index (χ2n) is 7.88. The Morgan fingerprint density at radius 3 is 2.42 bits per heavy atom. The standard InChI is InChI=1S/C23H23F3N2O3/c1-15(29)28-10-2-3-20(28)22(30)27-11-12-31-21-9-6-17(13-18(21)14-27)16-4-7-19(8-5-16)23(24,25)26/h4-9,13,20H,2-3,10-12,14H2,1H3. The van der Waals surface area contributed by atoms with Gasteiger partial charge in [-0.3, -0.25) is 9.59 Å². The Bertz CT molecular complexity index is 989. The smallest absolute Gasteiger partial charge is 0.416 e. The Morgan fingerprint density at radius 1 is 1.03 bits per heavy atom. The number of halogens is 3. The summed E-state index contributed by atoms with van der Waals surface area (Å²) in [6.45, 7) is 3.13. The van der Waals surface area contributed by atoms with Gasteiger partial charge in [0.1, 0.15) is 18.4 Å². The first kappa shape index (κ1) is 21.2. The largest absolute Gasteiger partial charge is 0.491 e. The van der Waals surface area contributed by atoms with E-state index < -0.39 is 17.8 Å². The average molecular weight is 432 g/mol. The predicted molar refractivity (Wildman–Crippen MR) is 108 cm³/mol. The zero-order valence-electron chi connectivity index (χ0n) is 17.1. The molecule has 0 N–H and O–H groups in total. The average Bonchev–Trinajstić information content (AvgIpc) is 3.13. The number of hydrogen-bond acceptors (Lipinski definition) is 3. The number of alkyl halides is 3. The van der Waals surface area contributed by atoms with Gasteiger partial charge in [-0.25, -0.2) is 0 Å². The fourth-order valence-electron chi connectivity index (χ4n) is 4.22. The lowest BCUT2D eigenvalue weighted by Gasteiger charge is -2.28. The van der Waals surface area contributed by atoms with Crippen LogP contribution in [0.4, 0.5) is 13.2 Å². The van der Waals surface area contributed by atoms with Crippen molar-refractivity contribution in [2.24, 2.45) is 0 Å². The van der Waals surface area contributed by atoms with E-state index in [1.807, 2.05) is 6.07 Å². The van der Waals surface area contributed by atoms with Crippen molar-refractivity contribution >= 4 is 11.8 Å². The van der Waals surface area contributed by atoms with Gasteiger partial charge in [0.2, 0.25) is 11.8 Å². The summed E-state index contributed by atoms with van der Waals surface area (Å²) in [5, 5.41) is 0. The number of rotatable bonds is 2. The minimum absolute atomic E-state index is 0.0934. The van der Waals surface area contributed by atoms with Crippen LogP contribution in [-0.4, -0.2) is 47.4 Å². The third-order valence-corrected chi connectivity index (χ3v) is 5.84. The van der Waals surface area contributed by atoms with Crippen molar-refractivity contribution in [1.82, 2.24) is 9.80 Å². The van der Waals surface area contributed by atoms with Crippen molar-refractivity contribution in [3.05, 3.63) is 53.6 Å². The van der Waals surface area contributed by atoms with E-state index in [1.165, 1.54) is 19.1 Å². The molecule has 0 saturated carbocycles. The van der Waals surface area contributed by atoms with Crippen LogP contribution in [0.5, 0.6) is 5.75 Å². The molecule has 2 aromatic carbocycles. The van der Waals surface area contributed by atoms with E-state index in [0.29, 0.717) is 44.0 Å². The summed E-state index contributed by atoms with van der Waals surface area (Å²) < 4.78 is 44.3. The molecule has 2 aliphatic rings. The molecule has 5 nitrogen and oxygen atoms in total. The molecule has 1 saturated heterocycles. The third-order valence-electron chi connectivity index (χ3n) is 5.84. The van der Waals surface area contributed by atoms with Gasteiger partial charge in [0.25, 0.3) is 0 Å². The van der Waals surface area contributed by atoms with Crippen LogP contribution in [0.25, 0.3) is 11.1 Å². The number of benzene rings is 2. The number of fused-ring (bicyclic) bond motifs is 1. The number of nitrogens with zero attached hydrogens (tertiary/aromatic N) is 2. The van der Waals surface area contributed by atoms with Crippen LogP contribution in [-0.2, 0) is 22.3 Å². The molecule has 4 rings (SSSR count). The van der Waals surface area contributed by atoms with Gasteiger partial charge >= 0.3 is 6.18 Å². The number of likely N-dealkylation sites (tertiary alicyclic amines) is 1. The maximum Gasteiger partial charge on any atom is 0.416 e. The van der Waals surface area contributed by atoms with Crippen LogP contribution in [0.3, 0.4) is 0 Å². The SMILES string of the molecule is CC(=O)N1CCCC1C(=O)N1CCOc2ccc(-c3ccc(C(F)(F)F)cc3)cc2C1. The lowest BCUT2D eigenvalue weighted by Crippen LogP contribution is -2.47. The van der Waals surface area contributed by atoms with Crippen LogP contribution in [0.1, 0.15) is 30.9 Å². The highest BCUT2D eigenvalue weighted by atomic mass is 19.4. The first-order valence-electron chi connectivity index (χ1n) is 10.2. The monoisotopic (exact) mass is 432 g/mol. The summed E-state index contributed by atoms with van der Waals surface area (Å²) in [5.74, 6) is 0.455. The van der Waals surface area contributed by atoms with E-state index in [9.17, 15) is 22.8 Å².